The predicted molar refractivity (Wildman–Crippen MR) is 90.1 cm³/mol. The maximum absolute atomic E-state index is 12.6. The summed E-state index contributed by atoms with van der Waals surface area (Å²) >= 11 is 0. The molecule has 0 saturated heterocycles. The zero-order chi connectivity index (χ0) is 14.9. The van der Waals surface area contributed by atoms with Crippen LogP contribution in [0.3, 0.4) is 0 Å². The van der Waals surface area contributed by atoms with E-state index in [1.165, 1.54) is 0 Å². The van der Waals surface area contributed by atoms with Crippen molar-refractivity contribution in [3.63, 3.8) is 0 Å². The van der Waals surface area contributed by atoms with E-state index in [1.54, 1.807) is 0 Å². The Bertz CT molecular complexity index is 797. The number of dihydropyridines is 1. The number of carbonyl (C=O) groups is 1. The van der Waals surface area contributed by atoms with E-state index in [1.807, 2.05) is 48.7 Å². The average molecular weight is 293 g/mol. The van der Waals surface area contributed by atoms with E-state index in [0.29, 0.717) is 6.42 Å². The number of hydrogen-bond acceptors (Lipinski definition) is 3. The van der Waals surface area contributed by atoms with Gasteiger partial charge in [-0.1, -0.05) is 36.4 Å². The highest BCUT2D eigenvalue weighted by molar-refractivity contribution is 6.11. The van der Waals surface area contributed by atoms with Crippen LogP contribution in [0.1, 0.15) is 31.0 Å². The lowest BCUT2D eigenvalue weighted by molar-refractivity contribution is 0.0833. The first-order chi connectivity index (χ1) is 10.8. The lowest BCUT2D eigenvalue weighted by Gasteiger charge is -2.28. The van der Waals surface area contributed by atoms with Gasteiger partial charge in [-0.05, 0) is 29.3 Å². The van der Waals surface area contributed by atoms with Gasteiger partial charge in [0.1, 0.15) is 11.9 Å². The van der Waals surface area contributed by atoms with Gasteiger partial charge in [0.05, 0.1) is 11.6 Å². The van der Waals surface area contributed by atoms with E-state index < -0.39 is 0 Å². The highest BCUT2D eigenvalue weighted by atomic mass is 16.5. The number of hydrogen-bond donors (Lipinski definition) is 0. The van der Waals surface area contributed by atoms with Crippen LogP contribution in [0.25, 0.3) is 10.8 Å². The van der Waals surface area contributed by atoms with Crippen LogP contribution >= 0.6 is 0 Å². The van der Waals surface area contributed by atoms with Crippen LogP contribution in [0.15, 0.2) is 53.5 Å². The predicted octanol–water partition coefficient (Wildman–Crippen LogP) is 4.21. The number of nitrogens with zero attached hydrogens (tertiary/aromatic N) is 1. The van der Waals surface area contributed by atoms with Gasteiger partial charge < -0.3 is 4.74 Å². The van der Waals surface area contributed by atoms with Gasteiger partial charge in [-0.3, -0.25) is 9.79 Å². The second-order valence-corrected chi connectivity index (χ2v) is 5.88. The molecule has 0 aliphatic carbocycles. The van der Waals surface area contributed by atoms with E-state index in [0.717, 1.165) is 34.9 Å². The zero-order valence-electron chi connectivity index (χ0n) is 12.2. The van der Waals surface area contributed by atoms with E-state index in [-0.39, 0.29) is 19.4 Å². The third kappa shape index (κ3) is 2.33. The highest BCUT2D eigenvalue weighted by Gasteiger charge is 2.29. The first-order valence-corrected chi connectivity index (χ1v) is 7.71. The Hall–Kier alpha value is -2.42. The number of fused-ring (bicyclic) bond motifs is 3. The molecule has 0 fully saturated rings. The van der Waals surface area contributed by atoms with Crippen LogP contribution in [0.4, 0.5) is 0 Å². The molecule has 0 amide bonds. The molecule has 112 valence electrons. The summed E-state index contributed by atoms with van der Waals surface area (Å²) in [5, 5.41) is 2.07. The Labute approximate surface area is 130 Å². The largest absolute Gasteiger partial charge is 0.489 e. The molecule has 3 nitrogen and oxygen atoms in total. The van der Waals surface area contributed by atoms with Gasteiger partial charge in [0.25, 0.3) is 0 Å². The summed E-state index contributed by atoms with van der Waals surface area (Å²) in [4.78, 5) is 17.1. The second kappa shape index (κ2) is 5.41. The average Bonchev–Trinajstić information content (AvgIpc) is 2.55. The monoisotopic (exact) mass is 293 g/mol. The maximum Gasteiger partial charge on any atom is 0.170 e. The van der Waals surface area contributed by atoms with Crippen LogP contribution in [0.2, 0.25) is 0 Å². The SMILES string of the molecule is O=C1CC(CC2CC=CC=N2)Oc2ccc3ccccc3c21.[HH]. The molecular formula is C19H19NO2. The van der Waals surface area contributed by atoms with Crippen molar-refractivity contribution in [1.29, 1.82) is 0 Å². The van der Waals surface area contributed by atoms with Crippen LogP contribution in [0.5, 0.6) is 5.75 Å². The summed E-state index contributed by atoms with van der Waals surface area (Å²) < 4.78 is 6.09. The molecule has 4 rings (SSSR count). The molecule has 0 spiro atoms. The first kappa shape index (κ1) is 13.3. The van der Waals surface area contributed by atoms with Crippen molar-refractivity contribution in [2.75, 3.05) is 0 Å². The van der Waals surface area contributed by atoms with Crippen molar-refractivity contribution >= 4 is 22.8 Å². The summed E-state index contributed by atoms with van der Waals surface area (Å²) in [5.74, 6) is 0.897. The zero-order valence-corrected chi connectivity index (χ0v) is 12.2. The molecule has 2 aromatic rings. The second-order valence-electron chi connectivity index (χ2n) is 5.88. The fourth-order valence-corrected chi connectivity index (χ4v) is 3.29. The van der Waals surface area contributed by atoms with Crippen molar-refractivity contribution in [3.05, 3.63) is 54.1 Å². The number of Topliss-reactive ketones (excluding diaryl/α,β-unsaturated/α-hetero) is 1. The van der Waals surface area contributed by atoms with Crippen LogP contribution in [-0.4, -0.2) is 24.1 Å². The number of carbonyl (C=O) groups excluding carboxylic acids is 1. The molecule has 0 bridgehead atoms. The van der Waals surface area contributed by atoms with Gasteiger partial charge in [-0.2, -0.15) is 0 Å². The Morgan fingerprint density at radius 2 is 2.14 bits per heavy atom. The van der Waals surface area contributed by atoms with Crippen LogP contribution in [-0.2, 0) is 0 Å². The van der Waals surface area contributed by atoms with Crippen LogP contribution in [0, 0.1) is 0 Å². The number of allylic oxidation sites excluding steroid dienone is 1. The van der Waals surface area contributed by atoms with E-state index >= 15 is 0 Å². The molecular weight excluding hydrogens is 274 g/mol. The van der Waals surface area contributed by atoms with Crippen molar-refractivity contribution in [3.8, 4) is 5.75 Å². The Balaban J connectivity index is 0.00000156. The third-order valence-electron chi connectivity index (χ3n) is 4.34. The molecule has 0 aromatic heterocycles. The van der Waals surface area contributed by atoms with Gasteiger partial charge in [-0.15, -0.1) is 0 Å². The third-order valence-corrected chi connectivity index (χ3v) is 4.34. The maximum atomic E-state index is 12.6. The molecule has 2 heterocycles. The molecule has 2 aromatic carbocycles. The van der Waals surface area contributed by atoms with E-state index in [4.69, 9.17) is 4.74 Å². The minimum atomic E-state index is -0.0742. The summed E-state index contributed by atoms with van der Waals surface area (Å²) in [5.41, 5.74) is 0.737. The molecule has 3 heteroatoms. The number of ketones is 1. The smallest absolute Gasteiger partial charge is 0.170 e. The van der Waals surface area contributed by atoms with Crippen molar-refractivity contribution in [1.82, 2.24) is 0 Å². The normalized spacial score (nSPS) is 23.4. The molecule has 2 aliphatic heterocycles. The Morgan fingerprint density at radius 1 is 1.23 bits per heavy atom. The standard InChI is InChI=1S/C19H17NO2.H2/c21-17-12-15(11-14-6-3-4-10-20-14)22-18-9-8-13-5-1-2-7-16(13)19(17)18;/h1-5,7-10,14-15H,6,11-12H2;1H. The van der Waals surface area contributed by atoms with Crippen molar-refractivity contribution < 1.29 is 11.0 Å². The van der Waals surface area contributed by atoms with Gasteiger partial charge in [0.15, 0.2) is 5.78 Å². The fraction of sp³-hybridized carbons (Fsp3) is 0.263. The van der Waals surface area contributed by atoms with E-state index in [2.05, 4.69) is 11.1 Å². The minimum Gasteiger partial charge on any atom is -0.489 e. The summed E-state index contributed by atoms with van der Waals surface area (Å²) in [6.07, 6.45) is 7.99. The van der Waals surface area contributed by atoms with Gasteiger partial charge in [0, 0.05) is 20.5 Å². The number of rotatable bonds is 2. The highest BCUT2D eigenvalue weighted by Crippen LogP contribution is 2.35. The molecule has 2 aliphatic rings. The topological polar surface area (TPSA) is 38.7 Å². The molecule has 0 N–H and O–H groups in total. The van der Waals surface area contributed by atoms with Gasteiger partial charge >= 0.3 is 0 Å². The van der Waals surface area contributed by atoms with Crippen molar-refractivity contribution in [2.24, 2.45) is 4.99 Å². The number of aliphatic imine (C=N–C) groups is 1. The number of ether oxygens (including phenoxy) is 1. The first-order valence-electron chi connectivity index (χ1n) is 7.71. The molecule has 2 unspecified atom stereocenters. The molecule has 22 heavy (non-hydrogen) atoms. The Kier molecular flexibility index (Phi) is 3.26. The summed E-state index contributed by atoms with van der Waals surface area (Å²) in [7, 11) is 0. The summed E-state index contributed by atoms with van der Waals surface area (Å²) in [6, 6.07) is 12.1. The van der Waals surface area contributed by atoms with Crippen molar-refractivity contribution in [2.45, 2.75) is 31.4 Å². The van der Waals surface area contributed by atoms with E-state index in [9.17, 15) is 4.79 Å². The number of benzene rings is 2. The minimum absolute atomic E-state index is 0. The molecule has 0 radical (unpaired) electrons. The summed E-state index contributed by atoms with van der Waals surface area (Å²) in [6.45, 7) is 0. The molecule has 2 atom stereocenters. The van der Waals surface area contributed by atoms with Gasteiger partial charge in [0.2, 0.25) is 0 Å². The van der Waals surface area contributed by atoms with Gasteiger partial charge in [-0.25, -0.2) is 0 Å². The molecule has 0 saturated carbocycles. The Morgan fingerprint density at radius 3 is 3.00 bits per heavy atom. The lowest BCUT2D eigenvalue weighted by Crippen LogP contribution is -2.30. The fourth-order valence-electron chi connectivity index (χ4n) is 3.29. The lowest BCUT2D eigenvalue weighted by atomic mass is 9.92. The van der Waals surface area contributed by atoms with Crippen LogP contribution < -0.4 is 4.74 Å². The quantitative estimate of drug-likeness (QED) is 0.832.